The minimum absolute atomic E-state index is 0.151. The van der Waals surface area contributed by atoms with Gasteiger partial charge in [-0.25, -0.2) is 0 Å². The average Bonchev–Trinajstić information content (AvgIpc) is 2.55. The first kappa shape index (κ1) is 14.9. The van der Waals surface area contributed by atoms with Gasteiger partial charge in [0.2, 0.25) is 0 Å². The number of methoxy groups -OCH3 is 1. The molecule has 2 N–H and O–H groups in total. The van der Waals surface area contributed by atoms with Gasteiger partial charge in [-0.15, -0.1) is 0 Å². The summed E-state index contributed by atoms with van der Waals surface area (Å²) in [5.41, 5.74) is 9.30. The lowest BCUT2D eigenvalue weighted by Gasteiger charge is -2.42. The van der Waals surface area contributed by atoms with Crippen LogP contribution in [0.4, 0.5) is 0 Å². The minimum atomic E-state index is 0.151. The predicted molar refractivity (Wildman–Crippen MR) is 86.6 cm³/mol. The second kappa shape index (κ2) is 6.37. The average molecular weight is 288 g/mol. The quantitative estimate of drug-likeness (QED) is 0.928. The van der Waals surface area contributed by atoms with Gasteiger partial charge in [0, 0.05) is 12.1 Å². The molecule has 0 spiro atoms. The molecule has 3 heteroatoms. The van der Waals surface area contributed by atoms with Crippen molar-refractivity contribution in [3.63, 3.8) is 0 Å². The molecule has 0 bridgehead atoms. The monoisotopic (exact) mass is 288 g/mol. The molecule has 2 aliphatic rings. The number of hydrogen-bond acceptors (Lipinski definition) is 3. The van der Waals surface area contributed by atoms with Gasteiger partial charge in [0.15, 0.2) is 0 Å². The SMILES string of the molecule is CCC1CCN(C2CCc3cc(OC)ccc3C2N)CC1. The number of benzene rings is 1. The normalized spacial score (nSPS) is 27.4. The van der Waals surface area contributed by atoms with Gasteiger partial charge in [0.25, 0.3) is 0 Å². The van der Waals surface area contributed by atoms with E-state index in [9.17, 15) is 0 Å². The summed E-state index contributed by atoms with van der Waals surface area (Å²) < 4.78 is 5.33. The van der Waals surface area contributed by atoms with Gasteiger partial charge in [-0.1, -0.05) is 19.4 Å². The van der Waals surface area contributed by atoms with Gasteiger partial charge in [-0.3, -0.25) is 4.90 Å². The fourth-order valence-electron chi connectivity index (χ4n) is 4.04. The van der Waals surface area contributed by atoms with Crippen LogP contribution in [0.3, 0.4) is 0 Å². The fraction of sp³-hybridized carbons (Fsp3) is 0.667. The molecule has 1 aromatic carbocycles. The Hall–Kier alpha value is -1.06. The van der Waals surface area contributed by atoms with Crippen LogP contribution < -0.4 is 10.5 Å². The van der Waals surface area contributed by atoms with Crippen molar-refractivity contribution in [3.05, 3.63) is 29.3 Å². The van der Waals surface area contributed by atoms with Crippen molar-refractivity contribution in [2.24, 2.45) is 11.7 Å². The third kappa shape index (κ3) is 2.95. The van der Waals surface area contributed by atoms with Gasteiger partial charge in [0.1, 0.15) is 5.75 Å². The summed E-state index contributed by atoms with van der Waals surface area (Å²) >= 11 is 0. The standard InChI is InChI=1S/C18H28N2O/c1-3-13-8-10-20(11-9-13)17-7-4-14-12-15(21-2)5-6-16(14)18(17)19/h5-6,12-13,17-18H,3-4,7-11,19H2,1-2H3. The van der Waals surface area contributed by atoms with Crippen LogP contribution in [-0.2, 0) is 6.42 Å². The maximum atomic E-state index is 6.60. The van der Waals surface area contributed by atoms with Gasteiger partial charge in [0.05, 0.1) is 7.11 Å². The third-order valence-corrected chi connectivity index (χ3v) is 5.53. The lowest BCUT2D eigenvalue weighted by atomic mass is 9.82. The van der Waals surface area contributed by atoms with Crippen LogP contribution in [-0.4, -0.2) is 31.1 Å². The van der Waals surface area contributed by atoms with Crippen LogP contribution in [0.5, 0.6) is 5.75 Å². The molecular weight excluding hydrogens is 260 g/mol. The number of aryl methyl sites for hydroxylation is 1. The molecule has 0 saturated carbocycles. The number of fused-ring (bicyclic) bond motifs is 1. The van der Waals surface area contributed by atoms with E-state index in [0.717, 1.165) is 18.1 Å². The molecule has 0 radical (unpaired) electrons. The summed E-state index contributed by atoms with van der Waals surface area (Å²) in [6.45, 7) is 4.76. The summed E-state index contributed by atoms with van der Waals surface area (Å²) in [6, 6.07) is 7.05. The van der Waals surface area contributed by atoms with Crippen LogP contribution in [0.25, 0.3) is 0 Å². The minimum Gasteiger partial charge on any atom is -0.497 e. The number of rotatable bonds is 3. The topological polar surface area (TPSA) is 38.5 Å². The van der Waals surface area contributed by atoms with Gasteiger partial charge in [-0.05, 0) is 68.0 Å². The van der Waals surface area contributed by atoms with E-state index in [4.69, 9.17) is 10.5 Å². The molecular formula is C18H28N2O. The molecule has 3 nitrogen and oxygen atoms in total. The van der Waals surface area contributed by atoms with Crippen molar-refractivity contribution in [2.75, 3.05) is 20.2 Å². The molecule has 21 heavy (non-hydrogen) atoms. The first-order valence-electron chi connectivity index (χ1n) is 8.39. The summed E-state index contributed by atoms with van der Waals surface area (Å²) in [4.78, 5) is 2.64. The maximum Gasteiger partial charge on any atom is 0.119 e. The van der Waals surface area contributed by atoms with Crippen LogP contribution in [0, 0.1) is 5.92 Å². The lowest BCUT2D eigenvalue weighted by Crippen LogP contribution is -2.48. The Kier molecular flexibility index (Phi) is 4.51. The number of ether oxygens (including phenoxy) is 1. The molecule has 2 unspecified atom stereocenters. The summed E-state index contributed by atoms with van der Waals surface area (Å²) in [6.07, 6.45) is 6.31. The number of likely N-dealkylation sites (tertiary alicyclic amines) is 1. The van der Waals surface area contributed by atoms with Gasteiger partial charge in [-0.2, -0.15) is 0 Å². The largest absolute Gasteiger partial charge is 0.497 e. The van der Waals surface area contributed by atoms with Crippen LogP contribution in [0.2, 0.25) is 0 Å². The van der Waals surface area contributed by atoms with Crippen molar-refractivity contribution in [3.8, 4) is 5.75 Å². The zero-order valence-electron chi connectivity index (χ0n) is 13.3. The lowest BCUT2D eigenvalue weighted by molar-refractivity contribution is 0.104. The summed E-state index contributed by atoms with van der Waals surface area (Å²) in [5, 5.41) is 0. The first-order chi connectivity index (χ1) is 10.2. The predicted octanol–water partition coefficient (Wildman–Crippen LogP) is 3.13. The number of piperidine rings is 1. The van der Waals surface area contributed by atoms with E-state index in [-0.39, 0.29) is 6.04 Å². The summed E-state index contributed by atoms with van der Waals surface area (Å²) in [5.74, 6) is 1.88. The smallest absolute Gasteiger partial charge is 0.119 e. The van der Waals surface area contributed by atoms with Crippen molar-refractivity contribution < 1.29 is 4.74 Å². The van der Waals surface area contributed by atoms with Crippen molar-refractivity contribution in [1.82, 2.24) is 4.90 Å². The number of nitrogens with zero attached hydrogens (tertiary/aromatic N) is 1. The third-order valence-electron chi connectivity index (χ3n) is 5.53. The highest BCUT2D eigenvalue weighted by Gasteiger charge is 2.33. The molecule has 2 atom stereocenters. The Labute approximate surface area is 128 Å². The van der Waals surface area contributed by atoms with Crippen LogP contribution in [0.15, 0.2) is 18.2 Å². The maximum absolute atomic E-state index is 6.60. The number of hydrogen-bond donors (Lipinski definition) is 1. The molecule has 1 heterocycles. The van der Waals surface area contributed by atoms with Gasteiger partial charge < -0.3 is 10.5 Å². The molecule has 1 fully saturated rings. The molecule has 116 valence electrons. The Bertz CT molecular complexity index is 480. The molecule has 3 rings (SSSR count). The van der Waals surface area contributed by atoms with Crippen molar-refractivity contribution >= 4 is 0 Å². The zero-order chi connectivity index (χ0) is 14.8. The first-order valence-corrected chi connectivity index (χ1v) is 8.39. The molecule has 0 aromatic heterocycles. The van der Waals surface area contributed by atoms with Crippen LogP contribution >= 0.6 is 0 Å². The Morgan fingerprint density at radius 2 is 2.00 bits per heavy atom. The van der Waals surface area contributed by atoms with E-state index in [1.54, 1.807) is 7.11 Å². The molecule has 1 aliphatic heterocycles. The Balaban J connectivity index is 1.72. The molecule has 0 amide bonds. The molecule has 1 aromatic rings. The van der Waals surface area contributed by atoms with E-state index in [1.165, 1.54) is 49.9 Å². The van der Waals surface area contributed by atoms with E-state index < -0.39 is 0 Å². The molecule has 1 aliphatic carbocycles. The van der Waals surface area contributed by atoms with E-state index >= 15 is 0 Å². The van der Waals surface area contributed by atoms with E-state index in [1.807, 2.05) is 6.07 Å². The Morgan fingerprint density at radius 1 is 1.24 bits per heavy atom. The number of nitrogens with two attached hydrogens (primary N) is 1. The summed E-state index contributed by atoms with van der Waals surface area (Å²) in [7, 11) is 1.73. The molecule has 1 saturated heterocycles. The van der Waals surface area contributed by atoms with Crippen molar-refractivity contribution in [2.45, 2.75) is 51.1 Å². The van der Waals surface area contributed by atoms with E-state index in [0.29, 0.717) is 6.04 Å². The van der Waals surface area contributed by atoms with Crippen LogP contribution in [0.1, 0.15) is 49.8 Å². The van der Waals surface area contributed by atoms with E-state index in [2.05, 4.69) is 24.0 Å². The second-order valence-electron chi connectivity index (χ2n) is 6.58. The zero-order valence-corrected chi connectivity index (χ0v) is 13.3. The Morgan fingerprint density at radius 3 is 2.67 bits per heavy atom. The van der Waals surface area contributed by atoms with Gasteiger partial charge >= 0.3 is 0 Å². The highest BCUT2D eigenvalue weighted by atomic mass is 16.5. The van der Waals surface area contributed by atoms with Crippen molar-refractivity contribution in [1.29, 1.82) is 0 Å². The fourth-order valence-corrected chi connectivity index (χ4v) is 4.04. The highest BCUT2D eigenvalue weighted by molar-refractivity contribution is 5.40. The second-order valence-corrected chi connectivity index (χ2v) is 6.58. The highest BCUT2D eigenvalue weighted by Crippen LogP contribution is 2.35.